The van der Waals surface area contributed by atoms with E-state index >= 15 is 0 Å². The molecule has 0 aliphatic heterocycles. The first kappa shape index (κ1) is 14.4. The second-order valence-electron chi connectivity index (χ2n) is 4.11. The molecular weight excluding hydrogens is 270 g/mol. The van der Waals surface area contributed by atoms with Crippen molar-refractivity contribution in [1.82, 2.24) is 0 Å². The third kappa shape index (κ3) is 4.24. The lowest BCUT2D eigenvalue weighted by atomic mass is 10.2. The molecule has 0 aliphatic carbocycles. The summed E-state index contributed by atoms with van der Waals surface area (Å²) in [6, 6.07) is 15.5. The minimum atomic E-state index is -0.604. The van der Waals surface area contributed by atoms with Crippen LogP contribution in [0.1, 0.15) is 0 Å². The van der Waals surface area contributed by atoms with Gasteiger partial charge >= 0.3 is 12.1 Å². The van der Waals surface area contributed by atoms with Gasteiger partial charge < -0.3 is 15.4 Å². The van der Waals surface area contributed by atoms with E-state index in [0.717, 1.165) is 0 Å². The molecule has 3 amide bonds. The number of benzene rings is 2. The summed E-state index contributed by atoms with van der Waals surface area (Å²) in [7, 11) is 1.27. The van der Waals surface area contributed by atoms with Crippen molar-refractivity contribution >= 4 is 29.2 Å². The largest absolute Gasteiger partial charge is 0.453 e. The molecule has 0 heterocycles. The molecule has 0 fully saturated rings. The maximum absolute atomic E-state index is 11.9. The lowest BCUT2D eigenvalue weighted by Gasteiger charge is -2.12. The molecular formula is C15H15N3O3. The molecule has 2 rings (SSSR count). The Morgan fingerprint density at radius 1 is 0.810 bits per heavy atom. The van der Waals surface area contributed by atoms with E-state index in [-0.39, 0.29) is 0 Å². The highest BCUT2D eigenvalue weighted by molar-refractivity contribution is 6.03. The highest BCUT2D eigenvalue weighted by Gasteiger charge is 2.09. The molecule has 3 N–H and O–H groups in total. The van der Waals surface area contributed by atoms with E-state index in [1.807, 2.05) is 18.2 Å². The number of carbonyl (C=O) groups is 2. The molecule has 6 heteroatoms. The number of anilines is 3. The summed E-state index contributed by atoms with van der Waals surface area (Å²) in [4.78, 5) is 23.2. The van der Waals surface area contributed by atoms with Gasteiger partial charge in [0.2, 0.25) is 0 Å². The highest BCUT2D eigenvalue weighted by Crippen LogP contribution is 2.21. The van der Waals surface area contributed by atoms with Crippen molar-refractivity contribution < 1.29 is 14.3 Å². The van der Waals surface area contributed by atoms with Gasteiger partial charge in [0.15, 0.2) is 0 Å². The highest BCUT2D eigenvalue weighted by atomic mass is 16.5. The third-order valence-corrected chi connectivity index (χ3v) is 2.63. The summed E-state index contributed by atoms with van der Waals surface area (Å²) < 4.78 is 4.53. The number of carbonyl (C=O) groups excluding carboxylic acids is 2. The molecule has 21 heavy (non-hydrogen) atoms. The van der Waals surface area contributed by atoms with E-state index in [1.54, 1.807) is 36.4 Å². The second kappa shape index (κ2) is 6.95. The predicted molar refractivity (Wildman–Crippen MR) is 81.6 cm³/mol. The number of hydrogen-bond acceptors (Lipinski definition) is 3. The maximum atomic E-state index is 11.9. The van der Waals surface area contributed by atoms with Crippen LogP contribution in [0.25, 0.3) is 0 Å². The Kier molecular flexibility index (Phi) is 4.76. The molecule has 0 aromatic heterocycles. The number of urea groups is 1. The van der Waals surface area contributed by atoms with Crippen molar-refractivity contribution in [2.24, 2.45) is 0 Å². The van der Waals surface area contributed by atoms with Gasteiger partial charge in [0.25, 0.3) is 0 Å². The van der Waals surface area contributed by atoms with Gasteiger partial charge in [-0.25, -0.2) is 9.59 Å². The van der Waals surface area contributed by atoms with Gasteiger partial charge in [-0.15, -0.1) is 0 Å². The lowest BCUT2D eigenvalue weighted by molar-refractivity contribution is 0.187. The van der Waals surface area contributed by atoms with Gasteiger partial charge in [-0.1, -0.05) is 30.3 Å². The molecule has 0 saturated heterocycles. The first-order valence-electron chi connectivity index (χ1n) is 6.26. The Bertz CT molecular complexity index is 629. The van der Waals surface area contributed by atoms with Crippen molar-refractivity contribution in [3.8, 4) is 0 Å². The third-order valence-electron chi connectivity index (χ3n) is 2.63. The fraction of sp³-hybridized carbons (Fsp3) is 0.0667. The number of para-hydroxylation sites is 3. The van der Waals surface area contributed by atoms with Crippen LogP contribution < -0.4 is 16.0 Å². The Hall–Kier alpha value is -3.02. The second-order valence-corrected chi connectivity index (χ2v) is 4.11. The summed E-state index contributed by atoms with van der Waals surface area (Å²) in [6.45, 7) is 0. The van der Waals surface area contributed by atoms with E-state index in [4.69, 9.17) is 0 Å². The van der Waals surface area contributed by atoms with Crippen LogP contribution in [0.15, 0.2) is 54.6 Å². The Morgan fingerprint density at radius 3 is 2.00 bits per heavy atom. The van der Waals surface area contributed by atoms with Crippen LogP contribution in [0.4, 0.5) is 26.7 Å². The smallest absolute Gasteiger partial charge is 0.411 e. The zero-order valence-corrected chi connectivity index (χ0v) is 11.4. The summed E-state index contributed by atoms with van der Waals surface area (Å²) >= 11 is 0. The number of methoxy groups -OCH3 is 1. The van der Waals surface area contributed by atoms with Crippen LogP contribution in [0.5, 0.6) is 0 Å². The molecule has 0 unspecified atom stereocenters. The van der Waals surface area contributed by atoms with E-state index in [2.05, 4.69) is 20.7 Å². The van der Waals surface area contributed by atoms with Crippen molar-refractivity contribution in [2.75, 3.05) is 23.1 Å². The van der Waals surface area contributed by atoms with Crippen molar-refractivity contribution in [3.63, 3.8) is 0 Å². The zero-order valence-electron chi connectivity index (χ0n) is 11.4. The van der Waals surface area contributed by atoms with Crippen LogP contribution in [-0.2, 0) is 4.74 Å². The summed E-state index contributed by atoms with van der Waals surface area (Å²) in [5.41, 5.74) is 1.59. The Balaban J connectivity index is 2.05. The lowest BCUT2D eigenvalue weighted by Crippen LogP contribution is -2.21. The van der Waals surface area contributed by atoms with Gasteiger partial charge in [-0.3, -0.25) is 5.32 Å². The molecule has 0 aliphatic rings. The first-order chi connectivity index (χ1) is 10.2. The number of hydrogen-bond donors (Lipinski definition) is 3. The van der Waals surface area contributed by atoms with Gasteiger partial charge in [0, 0.05) is 5.69 Å². The van der Waals surface area contributed by atoms with E-state index < -0.39 is 12.1 Å². The molecule has 6 nitrogen and oxygen atoms in total. The molecule has 0 bridgehead atoms. The van der Waals surface area contributed by atoms with Gasteiger partial charge in [-0.05, 0) is 24.3 Å². The molecule has 2 aromatic rings. The van der Waals surface area contributed by atoms with Gasteiger partial charge in [0.1, 0.15) is 0 Å². The Morgan fingerprint density at radius 2 is 1.38 bits per heavy atom. The topological polar surface area (TPSA) is 79.5 Å². The molecule has 0 saturated carbocycles. The average Bonchev–Trinajstić information content (AvgIpc) is 2.50. The number of amides is 3. The van der Waals surface area contributed by atoms with E-state index in [9.17, 15) is 9.59 Å². The molecule has 2 aromatic carbocycles. The zero-order chi connectivity index (χ0) is 15.1. The minimum absolute atomic E-state index is 0.402. The van der Waals surface area contributed by atoms with Crippen LogP contribution in [0, 0.1) is 0 Å². The number of rotatable bonds is 3. The van der Waals surface area contributed by atoms with Crippen molar-refractivity contribution in [2.45, 2.75) is 0 Å². The summed E-state index contributed by atoms with van der Waals surface area (Å²) in [5, 5.41) is 7.88. The van der Waals surface area contributed by atoms with Crippen LogP contribution in [0.3, 0.4) is 0 Å². The van der Waals surface area contributed by atoms with E-state index in [1.165, 1.54) is 7.11 Å². The Labute approximate surface area is 122 Å². The molecule has 0 radical (unpaired) electrons. The maximum Gasteiger partial charge on any atom is 0.411 e. The number of nitrogens with one attached hydrogen (secondary N) is 3. The van der Waals surface area contributed by atoms with Crippen molar-refractivity contribution in [3.05, 3.63) is 54.6 Å². The van der Waals surface area contributed by atoms with Crippen LogP contribution >= 0.6 is 0 Å². The fourth-order valence-corrected chi connectivity index (χ4v) is 1.67. The number of ether oxygens (including phenoxy) is 1. The van der Waals surface area contributed by atoms with Crippen LogP contribution in [-0.4, -0.2) is 19.2 Å². The average molecular weight is 285 g/mol. The summed E-state index contributed by atoms with van der Waals surface area (Å²) in [5.74, 6) is 0. The normalized spacial score (nSPS) is 9.57. The minimum Gasteiger partial charge on any atom is -0.453 e. The molecule has 0 atom stereocenters. The quantitative estimate of drug-likeness (QED) is 0.807. The van der Waals surface area contributed by atoms with Gasteiger partial charge in [0.05, 0.1) is 18.5 Å². The van der Waals surface area contributed by atoms with Crippen molar-refractivity contribution in [1.29, 1.82) is 0 Å². The SMILES string of the molecule is COC(=O)Nc1ccccc1NC(=O)Nc1ccccc1. The molecule has 108 valence electrons. The summed E-state index contributed by atoms with van der Waals surface area (Å²) in [6.07, 6.45) is -0.604. The van der Waals surface area contributed by atoms with Gasteiger partial charge in [-0.2, -0.15) is 0 Å². The van der Waals surface area contributed by atoms with Crippen LogP contribution in [0.2, 0.25) is 0 Å². The molecule has 0 spiro atoms. The monoisotopic (exact) mass is 285 g/mol. The first-order valence-corrected chi connectivity index (χ1v) is 6.26. The standard InChI is InChI=1S/C15H15N3O3/c1-21-15(20)18-13-10-6-5-9-12(13)17-14(19)16-11-7-3-2-4-8-11/h2-10H,1H3,(H,18,20)(H2,16,17,19). The van der Waals surface area contributed by atoms with E-state index in [0.29, 0.717) is 17.1 Å². The predicted octanol–water partition coefficient (Wildman–Crippen LogP) is 3.51. The fourth-order valence-electron chi connectivity index (χ4n) is 1.67.